The quantitative estimate of drug-likeness (QED) is 0.920. The number of H-pyrrole nitrogens is 1. The molecule has 3 atom stereocenters. The van der Waals surface area contributed by atoms with E-state index >= 15 is 0 Å². The molecular weight excluding hydrogens is 316 g/mol. The maximum Gasteiger partial charge on any atom is 0.223 e. The first-order valence-electron chi connectivity index (χ1n) is 8.83. The third-order valence-corrected chi connectivity index (χ3v) is 5.74. The Morgan fingerprint density at radius 3 is 2.88 bits per heavy atom. The van der Waals surface area contributed by atoms with Gasteiger partial charge in [0, 0.05) is 45.2 Å². The van der Waals surface area contributed by atoms with Crippen molar-refractivity contribution in [1.29, 1.82) is 5.26 Å². The fourth-order valence-corrected chi connectivity index (χ4v) is 4.42. The van der Waals surface area contributed by atoms with Crippen LogP contribution in [-0.4, -0.2) is 51.9 Å². The van der Waals surface area contributed by atoms with E-state index in [0.29, 0.717) is 30.7 Å². The molecule has 3 heterocycles. The minimum absolute atomic E-state index is 0.130. The number of hydrogen-bond acceptors (Lipinski definition) is 5. The molecule has 1 saturated carbocycles. The zero-order valence-electron chi connectivity index (χ0n) is 14.4. The minimum atomic E-state index is 0.130. The first-order valence-corrected chi connectivity index (χ1v) is 8.83. The normalized spacial score (nSPS) is 25.1. The van der Waals surface area contributed by atoms with Gasteiger partial charge in [0.1, 0.15) is 17.8 Å². The zero-order valence-corrected chi connectivity index (χ0v) is 14.4. The number of likely N-dealkylation sites (tertiary alicyclic amines) is 1. The van der Waals surface area contributed by atoms with E-state index in [9.17, 15) is 4.79 Å². The summed E-state index contributed by atoms with van der Waals surface area (Å²) in [5.41, 5.74) is 0.865. The predicted molar refractivity (Wildman–Crippen MR) is 93.7 cm³/mol. The number of anilines is 1. The summed E-state index contributed by atoms with van der Waals surface area (Å²) in [7, 11) is 2.11. The van der Waals surface area contributed by atoms with Gasteiger partial charge in [-0.1, -0.05) is 0 Å². The summed E-state index contributed by atoms with van der Waals surface area (Å²) in [5.74, 6) is 2.22. The average molecular weight is 338 g/mol. The molecule has 1 N–H and O–H groups in total. The highest BCUT2D eigenvalue weighted by Crippen LogP contribution is 2.41. The van der Waals surface area contributed by atoms with Crippen LogP contribution in [-0.2, 0) is 4.79 Å². The van der Waals surface area contributed by atoms with Crippen LogP contribution in [0, 0.1) is 23.2 Å². The fraction of sp³-hybridized carbons (Fsp3) is 0.556. The van der Waals surface area contributed by atoms with Gasteiger partial charge in [0.2, 0.25) is 5.91 Å². The molecule has 7 heteroatoms. The van der Waals surface area contributed by atoms with Crippen molar-refractivity contribution in [3.63, 3.8) is 0 Å². The molecule has 0 bridgehead atoms. The molecule has 0 radical (unpaired) electrons. The van der Waals surface area contributed by atoms with E-state index in [-0.39, 0.29) is 5.91 Å². The van der Waals surface area contributed by atoms with Crippen molar-refractivity contribution < 1.29 is 4.79 Å². The van der Waals surface area contributed by atoms with Crippen LogP contribution < -0.4 is 4.90 Å². The Labute approximate surface area is 146 Å². The van der Waals surface area contributed by atoms with E-state index in [0.717, 1.165) is 42.8 Å². The highest BCUT2D eigenvalue weighted by Gasteiger charge is 2.43. The Balaban J connectivity index is 1.42. The second-order valence-corrected chi connectivity index (χ2v) is 7.15. The van der Waals surface area contributed by atoms with Gasteiger partial charge in [-0.2, -0.15) is 5.26 Å². The van der Waals surface area contributed by atoms with Crippen molar-refractivity contribution >= 4 is 22.8 Å². The van der Waals surface area contributed by atoms with E-state index in [4.69, 9.17) is 5.26 Å². The Morgan fingerprint density at radius 2 is 2.16 bits per heavy atom. The van der Waals surface area contributed by atoms with Crippen LogP contribution >= 0.6 is 0 Å². The van der Waals surface area contributed by atoms with Gasteiger partial charge in [-0.3, -0.25) is 4.79 Å². The van der Waals surface area contributed by atoms with Crippen molar-refractivity contribution in [3.8, 4) is 6.07 Å². The molecular formula is C18H22N6O. The van der Waals surface area contributed by atoms with Gasteiger partial charge in [0.25, 0.3) is 0 Å². The molecule has 0 aromatic carbocycles. The summed E-state index contributed by atoms with van der Waals surface area (Å²) >= 11 is 0. The van der Waals surface area contributed by atoms with Crippen LogP contribution in [0.25, 0.3) is 11.0 Å². The van der Waals surface area contributed by atoms with Crippen LogP contribution in [0.5, 0.6) is 0 Å². The second kappa shape index (κ2) is 6.36. The molecule has 2 fully saturated rings. The van der Waals surface area contributed by atoms with Crippen molar-refractivity contribution in [2.45, 2.75) is 31.7 Å². The van der Waals surface area contributed by atoms with Crippen LogP contribution in [0.4, 0.5) is 5.82 Å². The van der Waals surface area contributed by atoms with Crippen molar-refractivity contribution in [3.05, 3.63) is 18.6 Å². The summed E-state index contributed by atoms with van der Waals surface area (Å²) in [6.07, 6.45) is 6.33. The first-order chi connectivity index (χ1) is 12.2. The lowest BCUT2D eigenvalue weighted by molar-refractivity contribution is -0.130. The number of fused-ring (bicyclic) bond motifs is 2. The molecule has 1 unspecified atom stereocenters. The van der Waals surface area contributed by atoms with Gasteiger partial charge >= 0.3 is 0 Å². The third-order valence-electron chi connectivity index (χ3n) is 5.74. The van der Waals surface area contributed by atoms with Crippen molar-refractivity contribution in [2.75, 3.05) is 25.0 Å². The first kappa shape index (κ1) is 15.9. The molecule has 1 saturated heterocycles. The average Bonchev–Trinajstić information content (AvgIpc) is 3.31. The summed E-state index contributed by atoms with van der Waals surface area (Å²) in [4.78, 5) is 28.3. The van der Waals surface area contributed by atoms with Crippen molar-refractivity contribution in [2.24, 2.45) is 11.8 Å². The number of nitrogens with zero attached hydrogens (tertiary/aromatic N) is 5. The molecule has 1 aliphatic heterocycles. The molecule has 2 aliphatic rings. The van der Waals surface area contributed by atoms with Gasteiger partial charge in [-0.15, -0.1) is 0 Å². The molecule has 2 aromatic rings. The van der Waals surface area contributed by atoms with E-state index in [1.165, 1.54) is 0 Å². The van der Waals surface area contributed by atoms with Crippen LogP contribution in [0.2, 0.25) is 0 Å². The Morgan fingerprint density at radius 1 is 1.40 bits per heavy atom. The third kappa shape index (κ3) is 2.82. The number of aromatic amines is 1. The molecule has 130 valence electrons. The molecule has 25 heavy (non-hydrogen) atoms. The molecule has 2 aromatic heterocycles. The standard InChI is InChI=1S/C18H22N6O/c1-23(18-15-4-6-20-17(15)21-11-22-18)14-7-12-9-24(10-13(12)8-14)16(25)3-2-5-19/h4,6,11-14H,2-3,7-10H2,1H3,(H,20,21,22)/t12-,13?,14+/m0/s1. The van der Waals surface area contributed by atoms with Gasteiger partial charge in [-0.05, 0) is 30.7 Å². The van der Waals surface area contributed by atoms with Gasteiger partial charge in [0.15, 0.2) is 0 Å². The largest absolute Gasteiger partial charge is 0.356 e. The predicted octanol–water partition coefficient (Wildman–Crippen LogP) is 1.93. The Bertz CT molecular complexity index is 810. The summed E-state index contributed by atoms with van der Waals surface area (Å²) in [6.45, 7) is 1.67. The summed E-state index contributed by atoms with van der Waals surface area (Å²) < 4.78 is 0. The van der Waals surface area contributed by atoms with Crippen LogP contribution in [0.3, 0.4) is 0 Å². The number of nitriles is 1. The number of carbonyl (C=O) groups excluding carboxylic acids is 1. The minimum Gasteiger partial charge on any atom is -0.356 e. The summed E-state index contributed by atoms with van der Waals surface area (Å²) in [5, 5.41) is 9.70. The lowest BCUT2D eigenvalue weighted by Gasteiger charge is -2.28. The SMILES string of the molecule is CN(c1ncnc2[nH]ccc12)[C@H]1CC2CN(C(=O)CCC#N)C[C@@H]2C1. The molecule has 0 spiro atoms. The lowest BCUT2D eigenvalue weighted by Crippen LogP contribution is -2.34. The molecule has 4 rings (SSSR count). The van der Waals surface area contributed by atoms with Crippen LogP contribution in [0.15, 0.2) is 18.6 Å². The molecule has 1 amide bonds. The topological polar surface area (TPSA) is 88.9 Å². The number of aromatic nitrogens is 3. The Kier molecular flexibility index (Phi) is 4.04. The number of rotatable bonds is 4. The lowest BCUT2D eigenvalue weighted by atomic mass is 10.0. The van der Waals surface area contributed by atoms with Crippen molar-refractivity contribution in [1.82, 2.24) is 19.9 Å². The Hall–Kier alpha value is -2.62. The van der Waals surface area contributed by atoms with Gasteiger partial charge in [-0.25, -0.2) is 9.97 Å². The van der Waals surface area contributed by atoms with E-state index in [1.54, 1.807) is 6.33 Å². The van der Waals surface area contributed by atoms with E-state index in [2.05, 4.69) is 33.0 Å². The van der Waals surface area contributed by atoms with E-state index in [1.807, 2.05) is 17.2 Å². The highest BCUT2D eigenvalue weighted by molar-refractivity contribution is 5.87. The highest BCUT2D eigenvalue weighted by atomic mass is 16.2. The maximum absolute atomic E-state index is 12.1. The van der Waals surface area contributed by atoms with E-state index < -0.39 is 0 Å². The van der Waals surface area contributed by atoms with Gasteiger partial charge in [0.05, 0.1) is 11.5 Å². The fourth-order valence-electron chi connectivity index (χ4n) is 4.42. The number of carbonyl (C=O) groups is 1. The number of nitrogens with one attached hydrogen (secondary N) is 1. The van der Waals surface area contributed by atoms with Crippen LogP contribution in [0.1, 0.15) is 25.7 Å². The molecule has 7 nitrogen and oxygen atoms in total. The smallest absolute Gasteiger partial charge is 0.223 e. The second-order valence-electron chi connectivity index (χ2n) is 7.15. The number of hydrogen-bond donors (Lipinski definition) is 1. The maximum atomic E-state index is 12.1. The monoisotopic (exact) mass is 338 g/mol. The number of amides is 1. The summed E-state index contributed by atoms with van der Waals surface area (Å²) in [6, 6.07) is 4.52. The zero-order chi connectivity index (χ0) is 17.4. The van der Waals surface area contributed by atoms with Gasteiger partial charge < -0.3 is 14.8 Å². The molecule has 1 aliphatic carbocycles.